The highest BCUT2D eigenvalue weighted by Gasteiger charge is 2.09. The van der Waals surface area contributed by atoms with Crippen molar-refractivity contribution < 1.29 is 9.21 Å². The van der Waals surface area contributed by atoms with Crippen LogP contribution in [0.1, 0.15) is 18.9 Å². The number of benzene rings is 2. The maximum atomic E-state index is 11.5. The molecule has 3 aromatic rings. The van der Waals surface area contributed by atoms with E-state index >= 15 is 0 Å². The van der Waals surface area contributed by atoms with Gasteiger partial charge in [0.2, 0.25) is 11.8 Å². The predicted octanol–water partition coefficient (Wildman–Crippen LogP) is 4.15. The fourth-order valence-corrected chi connectivity index (χ4v) is 2.14. The number of hydrogen-bond donors (Lipinski definition) is 1. The van der Waals surface area contributed by atoms with Crippen molar-refractivity contribution in [3.8, 4) is 11.5 Å². The highest BCUT2D eigenvalue weighted by Crippen LogP contribution is 2.26. The molecule has 4 nitrogen and oxygen atoms in total. The van der Waals surface area contributed by atoms with Crippen LogP contribution in [0.4, 0.5) is 5.69 Å². The van der Waals surface area contributed by atoms with Crippen LogP contribution in [0.2, 0.25) is 0 Å². The number of fused-ring (bicyclic) bond motifs is 1. The summed E-state index contributed by atoms with van der Waals surface area (Å²) in [7, 11) is 0. The van der Waals surface area contributed by atoms with Crippen LogP contribution < -0.4 is 5.32 Å². The van der Waals surface area contributed by atoms with E-state index in [1.807, 2.05) is 56.3 Å². The van der Waals surface area contributed by atoms with Gasteiger partial charge >= 0.3 is 0 Å². The summed E-state index contributed by atoms with van der Waals surface area (Å²) in [6, 6.07) is 13.4. The van der Waals surface area contributed by atoms with E-state index in [4.69, 9.17) is 4.42 Å². The van der Waals surface area contributed by atoms with Crippen molar-refractivity contribution in [2.24, 2.45) is 0 Å². The molecule has 1 heterocycles. The molecule has 0 aliphatic rings. The Morgan fingerprint density at radius 2 is 2.10 bits per heavy atom. The Bertz CT molecular complexity index is 805. The van der Waals surface area contributed by atoms with Crippen molar-refractivity contribution >= 4 is 22.7 Å². The summed E-state index contributed by atoms with van der Waals surface area (Å²) in [6.45, 7) is 3.84. The quantitative estimate of drug-likeness (QED) is 0.784. The van der Waals surface area contributed by atoms with Crippen molar-refractivity contribution in [2.75, 3.05) is 5.32 Å². The van der Waals surface area contributed by atoms with E-state index in [-0.39, 0.29) is 5.91 Å². The number of anilines is 1. The Morgan fingerprint density at radius 1 is 1.24 bits per heavy atom. The largest absolute Gasteiger partial charge is 0.436 e. The molecule has 0 aliphatic heterocycles. The highest BCUT2D eigenvalue weighted by atomic mass is 16.3. The number of carbonyl (C=O) groups excluding carboxylic acids is 1. The van der Waals surface area contributed by atoms with Gasteiger partial charge in [-0.3, -0.25) is 4.79 Å². The maximum absolute atomic E-state index is 11.5. The van der Waals surface area contributed by atoms with Gasteiger partial charge in [-0.15, -0.1) is 0 Å². The number of rotatable bonds is 3. The van der Waals surface area contributed by atoms with Gasteiger partial charge in [-0.25, -0.2) is 4.98 Å². The molecule has 1 N–H and O–H groups in total. The van der Waals surface area contributed by atoms with E-state index in [2.05, 4.69) is 10.3 Å². The zero-order chi connectivity index (χ0) is 14.8. The second-order valence-electron chi connectivity index (χ2n) is 4.97. The molecule has 2 aromatic carbocycles. The molecule has 0 fully saturated rings. The average molecular weight is 280 g/mol. The van der Waals surface area contributed by atoms with Crippen LogP contribution >= 0.6 is 0 Å². The summed E-state index contributed by atoms with van der Waals surface area (Å²) in [4.78, 5) is 16.0. The van der Waals surface area contributed by atoms with Crippen molar-refractivity contribution in [2.45, 2.75) is 20.3 Å². The number of aromatic nitrogens is 1. The number of hydrogen-bond acceptors (Lipinski definition) is 3. The maximum Gasteiger partial charge on any atom is 0.227 e. The van der Waals surface area contributed by atoms with Crippen LogP contribution in [-0.4, -0.2) is 10.9 Å². The highest BCUT2D eigenvalue weighted by molar-refractivity contribution is 5.91. The van der Waals surface area contributed by atoms with Crippen LogP contribution in [0, 0.1) is 6.92 Å². The molecule has 0 spiro atoms. The van der Waals surface area contributed by atoms with E-state index in [9.17, 15) is 4.79 Å². The Morgan fingerprint density at radius 3 is 2.90 bits per heavy atom. The van der Waals surface area contributed by atoms with E-state index in [1.165, 1.54) is 0 Å². The lowest BCUT2D eigenvalue weighted by Crippen LogP contribution is -2.09. The Labute approximate surface area is 122 Å². The zero-order valence-electron chi connectivity index (χ0n) is 12.0. The van der Waals surface area contributed by atoms with Gasteiger partial charge in [0.05, 0.1) is 0 Å². The van der Waals surface area contributed by atoms with Gasteiger partial charge in [0.1, 0.15) is 5.52 Å². The zero-order valence-corrected chi connectivity index (χ0v) is 12.0. The fraction of sp³-hybridized carbons (Fsp3) is 0.176. The monoisotopic (exact) mass is 280 g/mol. The van der Waals surface area contributed by atoms with Gasteiger partial charge in [0.15, 0.2) is 5.58 Å². The van der Waals surface area contributed by atoms with Crippen LogP contribution in [-0.2, 0) is 4.79 Å². The topological polar surface area (TPSA) is 55.1 Å². The normalized spacial score (nSPS) is 10.8. The first-order valence-corrected chi connectivity index (χ1v) is 6.93. The smallest absolute Gasteiger partial charge is 0.227 e. The summed E-state index contributed by atoms with van der Waals surface area (Å²) in [5.74, 6) is 0.545. The molecule has 0 saturated carbocycles. The lowest BCUT2D eigenvalue weighted by Gasteiger charge is -2.04. The van der Waals surface area contributed by atoms with Crippen molar-refractivity contribution in [1.29, 1.82) is 0 Å². The number of amides is 1. The Balaban J connectivity index is 1.98. The van der Waals surface area contributed by atoms with E-state index in [1.54, 1.807) is 0 Å². The SMILES string of the molecule is CCC(=O)Nc1cccc(-c2nc3cc(C)ccc3o2)c1. The third-order valence-electron chi connectivity index (χ3n) is 3.26. The molecule has 0 radical (unpaired) electrons. The number of aryl methyl sites for hydroxylation is 1. The molecule has 0 unspecified atom stereocenters. The minimum atomic E-state index is -0.0136. The molecule has 1 aromatic heterocycles. The van der Waals surface area contributed by atoms with Crippen LogP contribution in [0.3, 0.4) is 0 Å². The van der Waals surface area contributed by atoms with E-state index in [0.29, 0.717) is 12.3 Å². The van der Waals surface area contributed by atoms with Crippen LogP contribution in [0.25, 0.3) is 22.6 Å². The molecule has 3 rings (SSSR count). The molecule has 0 aliphatic carbocycles. The standard InChI is InChI=1S/C17H16N2O2/c1-3-16(20)18-13-6-4-5-12(10-13)17-19-14-9-11(2)7-8-15(14)21-17/h4-10H,3H2,1-2H3,(H,18,20). The van der Waals surface area contributed by atoms with Gasteiger partial charge < -0.3 is 9.73 Å². The van der Waals surface area contributed by atoms with Gasteiger partial charge in [0.25, 0.3) is 0 Å². The van der Waals surface area contributed by atoms with Crippen molar-refractivity contribution in [3.05, 3.63) is 48.0 Å². The molecule has 21 heavy (non-hydrogen) atoms. The molecule has 0 saturated heterocycles. The molecule has 0 atom stereocenters. The summed E-state index contributed by atoms with van der Waals surface area (Å²) in [6.07, 6.45) is 0.451. The summed E-state index contributed by atoms with van der Waals surface area (Å²) < 4.78 is 5.77. The van der Waals surface area contributed by atoms with Crippen molar-refractivity contribution in [3.63, 3.8) is 0 Å². The molecular formula is C17H16N2O2. The summed E-state index contributed by atoms with van der Waals surface area (Å²) in [5, 5.41) is 2.84. The third-order valence-corrected chi connectivity index (χ3v) is 3.26. The average Bonchev–Trinajstić information content (AvgIpc) is 2.90. The Kier molecular flexibility index (Phi) is 3.44. The molecule has 1 amide bonds. The second kappa shape index (κ2) is 5.40. The van der Waals surface area contributed by atoms with Gasteiger partial charge in [0, 0.05) is 17.7 Å². The van der Waals surface area contributed by atoms with E-state index in [0.717, 1.165) is 27.9 Å². The molecule has 106 valence electrons. The predicted molar refractivity (Wildman–Crippen MR) is 83.1 cm³/mol. The van der Waals surface area contributed by atoms with E-state index < -0.39 is 0 Å². The third kappa shape index (κ3) is 2.79. The number of oxazole rings is 1. The minimum absolute atomic E-state index is 0.0136. The summed E-state index contributed by atoms with van der Waals surface area (Å²) >= 11 is 0. The lowest BCUT2D eigenvalue weighted by molar-refractivity contribution is -0.115. The fourth-order valence-electron chi connectivity index (χ4n) is 2.14. The van der Waals surface area contributed by atoms with Gasteiger partial charge in [-0.2, -0.15) is 0 Å². The molecular weight excluding hydrogens is 264 g/mol. The molecule has 0 bridgehead atoms. The first-order chi connectivity index (χ1) is 10.2. The first-order valence-electron chi connectivity index (χ1n) is 6.93. The first kappa shape index (κ1) is 13.4. The summed E-state index contributed by atoms with van der Waals surface area (Å²) in [5.41, 5.74) is 4.34. The van der Waals surface area contributed by atoms with Crippen LogP contribution in [0.15, 0.2) is 46.9 Å². The Hall–Kier alpha value is -2.62. The number of nitrogens with zero attached hydrogens (tertiary/aromatic N) is 1. The molecule has 4 heteroatoms. The van der Waals surface area contributed by atoms with Gasteiger partial charge in [-0.1, -0.05) is 19.1 Å². The number of nitrogens with one attached hydrogen (secondary N) is 1. The van der Waals surface area contributed by atoms with Crippen LogP contribution in [0.5, 0.6) is 0 Å². The minimum Gasteiger partial charge on any atom is -0.436 e. The van der Waals surface area contributed by atoms with Crippen molar-refractivity contribution in [1.82, 2.24) is 4.98 Å². The van der Waals surface area contributed by atoms with Gasteiger partial charge in [-0.05, 0) is 42.8 Å². The number of carbonyl (C=O) groups is 1. The second-order valence-corrected chi connectivity index (χ2v) is 4.97. The lowest BCUT2D eigenvalue weighted by atomic mass is 10.2.